The fraction of sp³-hybridized carbons (Fsp3) is 0.118. The highest BCUT2D eigenvalue weighted by molar-refractivity contribution is 6.20. The largest absolute Gasteiger partial charge is 0.325 e. The lowest BCUT2D eigenvalue weighted by Crippen LogP contribution is -2.46. The van der Waals surface area contributed by atoms with Gasteiger partial charge >= 0.3 is 0 Å². The Labute approximate surface area is 131 Å². The number of carbonyl (C=O) groups is 3. The minimum atomic E-state index is -1.14. The zero-order valence-corrected chi connectivity index (χ0v) is 12.2. The molecule has 1 atom stereocenters. The smallest absolute Gasteiger partial charge is 0.260 e. The van der Waals surface area contributed by atoms with E-state index in [1.165, 1.54) is 25.2 Å². The number of imide groups is 1. The molecule has 5 nitrogen and oxygen atoms in total. The summed E-state index contributed by atoms with van der Waals surface area (Å²) in [5, 5.41) is 2.52. The Kier molecular flexibility index (Phi) is 3.65. The summed E-state index contributed by atoms with van der Waals surface area (Å²) in [4.78, 5) is 37.9. The Morgan fingerprint density at radius 3 is 2.61 bits per heavy atom. The Morgan fingerprint density at radius 2 is 1.87 bits per heavy atom. The van der Waals surface area contributed by atoms with E-state index in [-0.39, 0.29) is 5.69 Å². The highest BCUT2D eigenvalue weighted by atomic mass is 19.1. The molecule has 6 heteroatoms. The van der Waals surface area contributed by atoms with E-state index in [0.29, 0.717) is 11.1 Å². The molecule has 1 unspecified atom stereocenters. The summed E-state index contributed by atoms with van der Waals surface area (Å²) >= 11 is 0. The molecule has 2 aromatic rings. The summed E-state index contributed by atoms with van der Waals surface area (Å²) in [5.74, 6) is -3.29. The Morgan fingerprint density at radius 1 is 1.13 bits per heavy atom. The number of amides is 3. The molecule has 0 radical (unpaired) electrons. The van der Waals surface area contributed by atoms with E-state index in [2.05, 4.69) is 5.32 Å². The lowest BCUT2D eigenvalue weighted by molar-refractivity contribution is -0.134. The summed E-state index contributed by atoms with van der Waals surface area (Å²) in [6, 6.07) is 11.9. The molecule has 0 saturated heterocycles. The molecule has 2 aromatic carbocycles. The first-order valence-electron chi connectivity index (χ1n) is 6.96. The van der Waals surface area contributed by atoms with Gasteiger partial charge in [-0.25, -0.2) is 4.39 Å². The first-order valence-corrected chi connectivity index (χ1v) is 6.96. The number of benzene rings is 2. The zero-order valence-electron chi connectivity index (χ0n) is 12.2. The summed E-state index contributed by atoms with van der Waals surface area (Å²) in [6.07, 6.45) is 0. The average Bonchev–Trinajstić information content (AvgIpc) is 2.53. The van der Waals surface area contributed by atoms with Crippen LogP contribution in [0.3, 0.4) is 0 Å². The number of nitrogens with zero attached hydrogens (tertiary/aromatic N) is 1. The first kappa shape index (κ1) is 14.9. The predicted molar refractivity (Wildman–Crippen MR) is 81.3 cm³/mol. The number of likely N-dealkylation sites (N-methyl/N-ethyl adjacent to an activating group) is 1. The van der Waals surface area contributed by atoms with Gasteiger partial charge in [0.05, 0.1) is 0 Å². The maximum absolute atomic E-state index is 13.2. The quantitative estimate of drug-likeness (QED) is 0.682. The van der Waals surface area contributed by atoms with Gasteiger partial charge in [-0.15, -0.1) is 0 Å². The molecular weight excluding hydrogens is 299 g/mol. The maximum Gasteiger partial charge on any atom is 0.260 e. The molecule has 1 aliphatic heterocycles. The molecular formula is C17H13FN2O3. The van der Waals surface area contributed by atoms with E-state index in [1.54, 1.807) is 24.3 Å². The second-order valence-electron chi connectivity index (χ2n) is 5.22. The number of nitrogens with one attached hydrogen (secondary N) is 1. The lowest BCUT2D eigenvalue weighted by atomic mass is 9.88. The second-order valence-corrected chi connectivity index (χ2v) is 5.22. The predicted octanol–water partition coefficient (Wildman–Crippen LogP) is 2.16. The van der Waals surface area contributed by atoms with Crippen molar-refractivity contribution in [2.45, 2.75) is 5.92 Å². The van der Waals surface area contributed by atoms with Crippen LogP contribution in [0.1, 0.15) is 21.8 Å². The molecule has 0 aliphatic carbocycles. The summed E-state index contributed by atoms with van der Waals surface area (Å²) in [6.45, 7) is 0. The van der Waals surface area contributed by atoms with Crippen molar-refractivity contribution in [1.82, 2.24) is 4.90 Å². The standard InChI is InChI=1S/C17H13FN2O3/c1-20-16(22)13-8-3-2-7-12(13)14(17(20)23)15(21)19-11-6-4-5-10(18)9-11/h2-9,14H,1H3,(H,19,21). The molecule has 3 rings (SSSR count). The fourth-order valence-corrected chi connectivity index (χ4v) is 2.58. The van der Waals surface area contributed by atoms with Crippen LogP contribution in [0, 0.1) is 5.82 Å². The highest BCUT2D eigenvalue weighted by Crippen LogP contribution is 2.29. The van der Waals surface area contributed by atoms with Gasteiger partial charge in [-0.2, -0.15) is 0 Å². The Balaban J connectivity index is 1.97. The van der Waals surface area contributed by atoms with Crippen LogP contribution in [0.2, 0.25) is 0 Å². The molecule has 23 heavy (non-hydrogen) atoms. The van der Waals surface area contributed by atoms with Crippen molar-refractivity contribution in [2.75, 3.05) is 12.4 Å². The van der Waals surface area contributed by atoms with Gasteiger partial charge in [-0.3, -0.25) is 19.3 Å². The molecule has 0 fully saturated rings. The Bertz CT molecular complexity index is 819. The van der Waals surface area contributed by atoms with Crippen molar-refractivity contribution in [1.29, 1.82) is 0 Å². The van der Waals surface area contributed by atoms with Gasteiger partial charge in [0.2, 0.25) is 11.8 Å². The minimum absolute atomic E-state index is 0.250. The molecule has 0 aromatic heterocycles. The highest BCUT2D eigenvalue weighted by Gasteiger charge is 2.40. The van der Waals surface area contributed by atoms with Gasteiger partial charge in [0.15, 0.2) is 0 Å². The normalized spacial score (nSPS) is 17.0. The average molecular weight is 312 g/mol. The van der Waals surface area contributed by atoms with Gasteiger partial charge in [0, 0.05) is 18.3 Å². The lowest BCUT2D eigenvalue weighted by Gasteiger charge is -2.29. The van der Waals surface area contributed by atoms with Crippen molar-refractivity contribution >= 4 is 23.4 Å². The summed E-state index contributed by atoms with van der Waals surface area (Å²) in [7, 11) is 1.34. The van der Waals surface area contributed by atoms with Crippen LogP contribution in [0.15, 0.2) is 48.5 Å². The number of anilines is 1. The van der Waals surface area contributed by atoms with E-state index in [4.69, 9.17) is 0 Å². The molecule has 3 amide bonds. The van der Waals surface area contributed by atoms with E-state index in [0.717, 1.165) is 11.0 Å². The van der Waals surface area contributed by atoms with Crippen LogP contribution >= 0.6 is 0 Å². The van der Waals surface area contributed by atoms with Crippen LogP contribution in [0.25, 0.3) is 0 Å². The van der Waals surface area contributed by atoms with E-state index < -0.39 is 29.5 Å². The van der Waals surface area contributed by atoms with E-state index >= 15 is 0 Å². The van der Waals surface area contributed by atoms with Gasteiger partial charge in [0.25, 0.3) is 5.91 Å². The Hall–Kier alpha value is -3.02. The fourth-order valence-electron chi connectivity index (χ4n) is 2.58. The number of halogens is 1. The van der Waals surface area contributed by atoms with E-state index in [9.17, 15) is 18.8 Å². The third-order valence-corrected chi connectivity index (χ3v) is 3.74. The molecule has 1 aliphatic rings. The third-order valence-electron chi connectivity index (χ3n) is 3.74. The van der Waals surface area contributed by atoms with Crippen LogP contribution in [-0.2, 0) is 9.59 Å². The molecule has 0 spiro atoms. The third kappa shape index (κ3) is 2.59. The molecule has 0 bridgehead atoms. The van der Waals surface area contributed by atoms with Crippen LogP contribution in [0.5, 0.6) is 0 Å². The van der Waals surface area contributed by atoms with Crippen molar-refractivity contribution < 1.29 is 18.8 Å². The van der Waals surface area contributed by atoms with E-state index in [1.807, 2.05) is 0 Å². The second kappa shape index (κ2) is 5.64. The summed E-state index contributed by atoms with van der Waals surface area (Å²) in [5.41, 5.74) is 0.920. The van der Waals surface area contributed by atoms with Crippen molar-refractivity contribution in [2.24, 2.45) is 0 Å². The minimum Gasteiger partial charge on any atom is -0.325 e. The topological polar surface area (TPSA) is 66.5 Å². The van der Waals surface area contributed by atoms with Gasteiger partial charge in [0.1, 0.15) is 11.7 Å². The van der Waals surface area contributed by atoms with Crippen LogP contribution in [-0.4, -0.2) is 29.7 Å². The van der Waals surface area contributed by atoms with Crippen LogP contribution in [0.4, 0.5) is 10.1 Å². The number of rotatable bonds is 2. The molecule has 1 N–H and O–H groups in total. The number of fused-ring (bicyclic) bond motifs is 1. The number of carbonyl (C=O) groups excluding carboxylic acids is 3. The molecule has 1 heterocycles. The maximum atomic E-state index is 13.2. The number of hydrogen-bond acceptors (Lipinski definition) is 3. The number of hydrogen-bond donors (Lipinski definition) is 1. The monoisotopic (exact) mass is 312 g/mol. The van der Waals surface area contributed by atoms with Gasteiger partial charge < -0.3 is 5.32 Å². The SMILES string of the molecule is CN1C(=O)c2ccccc2C(C(=O)Nc2cccc(F)c2)C1=O. The van der Waals surface area contributed by atoms with Gasteiger partial charge in [-0.1, -0.05) is 24.3 Å². The molecule has 116 valence electrons. The summed E-state index contributed by atoms with van der Waals surface area (Å²) < 4.78 is 13.2. The van der Waals surface area contributed by atoms with Crippen molar-refractivity contribution in [3.05, 3.63) is 65.5 Å². The van der Waals surface area contributed by atoms with Crippen molar-refractivity contribution in [3.8, 4) is 0 Å². The zero-order chi connectivity index (χ0) is 16.6. The molecule has 0 saturated carbocycles. The van der Waals surface area contributed by atoms with Gasteiger partial charge in [-0.05, 0) is 29.8 Å². The van der Waals surface area contributed by atoms with Crippen molar-refractivity contribution in [3.63, 3.8) is 0 Å². The van der Waals surface area contributed by atoms with Crippen LogP contribution < -0.4 is 5.32 Å². The first-order chi connectivity index (χ1) is 11.0.